The van der Waals surface area contributed by atoms with Crippen LogP contribution in [0.25, 0.3) is 17.0 Å². The van der Waals surface area contributed by atoms with Crippen LogP contribution in [0, 0.1) is 5.92 Å². The van der Waals surface area contributed by atoms with E-state index in [2.05, 4.69) is 57.4 Å². The highest BCUT2D eigenvalue weighted by Gasteiger charge is 2.30. The van der Waals surface area contributed by atoms with E-state index in [1.165, 1.54) is 61.8 Å². The Bertz CT molecular complexity index is 1520. The molecule has 2 fully saturated rings. The normalized spacial score (nSPS) is 20.3. The summed E-state index contributed by atoms with van der Waals surface area (Å²) in [5.74, 6) is 1.39. The van der Waals surface area contributed by atoms with Crippen molar-refractivity contribution < 1.29 is 4.79 Å². The van der Waals surface area contributed by atoms with E-state index in [0.29, 0.717) is 28.4 Å². The number of carbonyl (C=O) groups is 1. The van der Waals surface area contributed by atoms with Gasteiger partial charge in [0.2, 0.25) is 5.91 Å². The lowest BCUT2D eigenvalue weighted by Crippen LogP contribution is -2.43. The molecule has 4 aromatic rings. The molecule has 2 aliphatic rings. The minimum absolute atomic E-state index is 0.0488. The van der Waals surface area contributed by atoms with E-state index in [9.17, 15) is 4.79 Å². The Morgan fingerprint density at radius 2 is 1.62 bits per heavy atom. The highest BCUT2D eigenvalue weighted by Crippen LogP contribution is 2.35. The van der Waals surface area contributed by atoms with Gasteiger partial charge in [0.15, 0.2) is 0 Å². The number of benzene rings is 3. The molecular formula is C36H39Cl2N3O. The third kappa shape index (κ3) is 6.94. The molecule has 1 saturated carbocycles. The van der Waals surface area contributed by atoms with Gasteiger partial charge in [-0.2, -0.15) is 0 Å². The molecule has 0 unspecified atom stereocenters. The van der Waals surface area contributed by atoms with Crippen LogP contribution in [-0.4, -0.2) is 46.4 Å². The molecule has 3 aromatic carbocycles. The number of halogens is 2. The predicted octanol–water partition coefficient (Wildman–Crippen LogP) is 8.96. The minimum atomic E-state index is 0.0488. The molecule has 1 aliphatic heterocycles. The van der Waals surface area contributed by atoms with Gasteiger partial charge in [-0.25, -0.2) is 0 Å². The van der Waals surface area contributed by atoms with E-state index < -0.39 is 0 Å². The standard InChI is InChI=1S/C36H39Cl2N3O/c37-33-16-12-26(22-34(33)38)13-17-36(42)41(25-27-6-2-1-3-7-27)30-14-10-28(11-15-30)24-40-20-18-29(19-21-40)32-23-39-35-9-5-4-8-31(32)35/h1-9,12-13,16-17,22-23,28-30,39H,10-11,14-15,18-21,24-25H2/b17-13+. The van der Waals surface area contributed by atoms with Gasteiger partial charge >= 0.3 is 0 Å². The van der Waals surface area contributed by atoms with E-state index in [0.717, 1.165) is 24.0 Å². The monoisotopic (exact) mass is 599 g/mol. The molecule has 1 amide bonds. The molecule has 1 N–H and O–H groups in total. The fourth-order valence-corrected chi connectivity index (χ4v) is 7.22. The largest absolute Gasteiger partial charge is 0.361 e. The number of piperidine rings is 1. The number of aromatic amines is 1. The summed E-state index contributed by atoms with van der Waals surface area (Å²) in [7, 11) is 0. The number of carbonyl (C=O) groups excluding carboxylic acids is 1. The maximum atomic E-state index is 13.6. The van der Waals surface area contributed by atoms with Gasteiger partial charge in [0.1, 0.15) is 0 Å². The van der Waals surface area contributed by atoms with Gasteiger partial charge in [-0.05, 0) is 104 Å². The fraction of sp³-hybridized carbons (Fsp3) is 0.361. The summed E-state index contributed by atoms with van der Waals surface area (Å²) in [5.41, 5.74) is 4.77. The number of H-pyrrole nitrogens is 1. The zero-order chi connectivity index (χ0) is 28.9. The van der Waals surface area contributed by atoms with Crippen LogP contribution in [0.3, 0.4) is 0 Å². The van der Waals surface area contributed by atoms with Crippen molar-refractivity contribution in [3.05, 3.63) is 112 Å². The molecule has 1 saturated heterocycles. The zero-order valence-electron chi connectivity index (χ0n) is 24.0. The number of para-hydroxylation sites is 1. The number of nitrogens with zero attached hydrogens (tertiary/aromatic N) is 2. The van der Waals surface area contributed by atoms with Crippen molar-refractivity contribution in [2.24, 2.45) is 5.92 Å². The summed E-state index contributed by atoms with van der Waals surface area (Å²) in [4.78, 5) is 21.8. The number of nitrogens with one attached hydrogen (secondary N) is 1. The molecule has 0 radical (unpaired) electrons. The van der Waals surface area contributed by atoms with Crippen LogP contribution in [0.4, 0.5) is 0 Å². The molecule has 6 heteroatoms. The maximum Gasteiger partial charge on any atom is 0.247 e. The zero-order valence-corrected chi connectivity index (χ0v) is 25.5. The molecule has 6 rings (SSSR count). The van der Waals surface area contributed by atoms with Gasteiger partial charge < -0.3 is 14.8 Å². The number of rotatable bonds is 8. The lowest BCUT2D eigenvalue weighted by molar-refractivity contribution is -0.129. The molecule has 4 nitrogen and oxygen atoms in total. The van der Waals surface area contributed by atoms with Crippen LogP contribution in [-0.2, 0) is 11.3 Å². The summed E-state index contributed by atoms with van der Waals surface area (Å²) >= 11 is 12.3. The average Bonchev–Trinajstić information content (AvgIpc) is 3.46. The first kappa shape index (κ1) is 29.0. The maximum absolute atomic E-state index is 13.6. The first-order chi connectivity index (χ1) is 20.5. The van der Waals surface area contributed by atoms with Gasteiger partial charge in [0.05, 0.1) is 10.0 Å². The lowest BCUT2D eigenvalue weighted by atomic mass is 9.83. The van der Waals surface area contributed by atoms with Gasteiger partial charge in [0, 0.05) is 42.3 Å². The summed E-state index contributed by atoms with van der Waals surface area (Å²) in [6.45, 7) is 4.14. The predicted molar refractivity (Wildman–Crippen MR) is 175 cm³/mol. The highest BCUT2D eigenvalue weighted by atomic mass is 35.5. The van der Waals surface area contributed by atoms with Crippen molar-refractivity contribution in [3.63, 3.8) is 0 Å². The Hall–Kier alpha value is -3.05. The first-order valence-corrected chi connectivity index (χ1v) is 16.0. The number of likely N-dealkylation sites (tertiary alicyclic amines) is 1. The third-order valence-corrected chi connectivity index (χ3v) is 10.0. The fourth-order valence-electron chi connectivity index (χ4n) is 6.91. The smallest absolute Gasteiger partial charge is 0.247 e. The molecular weight excluding hydrogens is 561 g/mol. The molecule has 1 aliphatic carbocycles. The Kier molecular flexibility index (Phi) is 9.34. The Morgan fingerprint density at radius 1 is 0.881 bits per heavy atom. The van der Waals surface area contributed by atoms with Crippen molar-refractivity contribution in [2.45, 2.75) is 57.0 Å². The summed E-state index contributed by atoms with van der Waals surface area (Å²) in [6, 6.07) is 24.7. The van der Waals surface area contributed by atoms with Crippen LogP contribution in [0.1, 0.15) is 61.1 Å². The highest BCUT2D eigenvalue weighted by molar-refractivity contribution is 6.42. The average molecular weight is 601 g/mol. The molecule has 0 spiro atoms. The van der Waals surface area contributed by atoms with Crippen LogP contribution in [0.2, 0.25) is 10.0 Å². The molecule has 42 heavy (non-hydrogen) atoms. The van der Waals surface area contributed by atoms with Gasteiger partial charge in [-0.1, -0.05) is 77.8 Å². The molecule has 218 valence electrons. The number of hydrogen-bond donors (Lipinski definition) is 1. The number of amides is 1. The number of fused-ring (bicyclic) bond motifs is 1. The van der Waals surface area contributed by atoms with Crippen LogP contribution >= 0.6 is 23.2 Å². The van der Waals surface area contributed by atoms with E-state index in [1.807, 2.05) is 30.3 Å². The molecule has 0 atom stereocenters. The van der Waals surface area contributed by atoms with E-state index in [4.69, 9.17) is 23.2 Å². The Morgan fingerprint density at radius 3 is 2.38 bits per heavy atom. The molecule has 1 aromatic heterocycles. The second-order valence-corrected chi connectivity index (χ2v) is 12.8. The Labute approximate surface area is 259 Å². The number of hydrogen-bond acceptors (Lipinski definition) is 2. The number of aromatic nitrogens is 1. The second-order valence-electron chi connectivity index (χ2n) is 12.0. The summed E-state index contributed by atoms with van der Waals surface area (Å²) in [6.07, 6.45) is 12.6. The van der Waals surface area contributed by atoms with Gasteiger partial charge in [-0.15, -0.1) is 0 Å². The topological polar surface area (TPSA) is 39.3 Å². The second kappa shape index (κ2) is 13.5. The van der Waals surface area contributed by atoms with Crippen molar-refractivity contribution in [3.8, 4) is 0 Å². The third-order valence-electron chi connectivity index (χ3n) is 9.26. The van der Waals surface area contributed by atoms with Crippen LogP contribution < -0.4 is 0 Å². The van der Waals surface area contributed by atoms with E-state index in [1.54, 1.807) is 18.2 Å². The lowest BCUT2D eigenvalue weighted by Gasteiger charge is -2.39. The van der Waals surface area contributed by atoms with Crippen LogP contribution in [0.15, 0.2) is 85.1 Å². The molecule has 0 bridgehead atoms. The Balaban J connectivity index is 1.04. The van der Waals surface area contributed by atoms with Gasteiger partial charge in [-0.3, -0.25) is 4.79 Å². The van der Waals surface area contributed by atoms with Crippen LogP contribution in [0.5, 0.6) is 0 Å². The molecule has 2 heterocycles. The summed E-state index contributed by atoms with van der Waals surface area (Å²) in [5, 5.41) is 2.39. The summed E-state index contributed by atoms with van der Waals surface area (Å²) < 4.78 is 0. The van der Waals surface area contributed by atoms with E-state index in [-0.39, 0.29) is 11.9 Å². The first-order valence-electron chi connectivity index (χ1n) is 15.3. The van der Waals surface area contributed by atoms with Crippen molar-refractivity contribution in [1.82, 2.24) is 14.8 Å². The SMILES string of the molecule is O=C(/C=C/c1ccc(Cl)c(Cl)c1)N(Cc1ccccc1)C1CCC(CN2CCC(c3c[nH]c4ccccc34)CC2)CC1. The van der Waals surface area contributed by atoms with Crippen molar-refractivity contribution >= 4 is 46.1 Å². The minimum Gasteiger partial charge on any atom is -0.361 e. The van der Waals surface area contributed by atoms with Gasteiger partial charge in [0.25, 0.3) is 0 Å². The quantitative estimate of drug-likeness (QED) is 0.205. The van der Waals surface area contributed by atoms with Crippen molar-refractivity contribution in [1.29, 1.82) is 0 Å². The van der Waals surface area contributed by atoms with Crippen molar-refractivity contribution in [2.75, 3.05) is 19.6 Å². The van der Waals surface area contributed by atoms with E-state index >= 15 is 0 Å².